The Hall–Kier alpha value is -1.61. The largest absolute Gasteiger partial charge is 0.373 e. The molecule has 2 heterocycles. The smallest absolute Gasteiger partial charge is 0.0595 e. The van der Waals surface area contributed by atoms with Crippen LogP contribution in [0.4, 0.5) is 5.69 Å². The van der Waals surface area contributed by atoms with Crippen molar-refractivity contribution >= 4 is 17.3 Å². The normalized spacial score (nSPS) is 10.3. The van der Waals surface area contributed by atoms with Crippen molar-refractivity contribution in [1.29, 1.82) is 0 Å². The average Bonchev–Trinajstić information content (AvgIpc) is 2.45. The Labute approximate surface area is 112 Å². The first-order valence-corrected chi connectivity index (χ1v) is 6.43. The second-order valence-electron chi connectivity index (χ2n) is 4.17. The van der Waals surface area contributed by atoms with Crippen LogP contribution in [0.3, 0.4) is 0 Å². The van der Waals surface area contributed by atoms with Gasteiger partial charge >= 0.3 is 0 Å². The van der Waals surface area contributed by atoms with Gasteiger partial charge in [-0.25, -0.2) is 0 Å². The first-order chi connectivity index (χ1) is 8.81. The van der Waals surface area contributed by atoms with Crippen molar-refractivity contribution in [2.45, 2.75) is 12.3 Å². The van der Waals surface area contributed by atoms with Crippen molar-refractivity contribution in [3.8, 4) is 0 Å². The molecular formula is C14H16ClN3. The Morgan fingerprint density at radius 2 is 1.83 bits per heavy atom. The minimum atomic E-state index is 0.511. The SMILES string of the molecule is CN(CCc1ccncc1)c1cnccc1CCl. The first kappa shape index (κ1) is 12.8. The highest BCUT2D eigenvalue weighted by atomic mass is 35.5. The lowest BCUT2D eigenvalue weighted by atomic mass is 10.2. The molecule has 2 aromatic heterocycles. The van der Waals surface area contributed by atoms with Gasteiger partial charge in [-0.2, -0.15) is 0 Å². The molecule has 0 saturated carbocycles. The van der Waals surface area contributed by atoms with E-state index < -0.39 is 0 Å². The molecule has 18 heavy (non-hydrogen) atoms. The minimum absolute atomic E-state index is 0.511. The number of likely N-dealkylation sites (N-methyl/N-ethyl adjacent to an activating group) is 1. The van der Waals surface area contributed by atoms with Gasteiger partial charge in [-0.05, 0) is 35.7 Å². The van der Waals surface area contributed by atoms with Gasteiger partial charge in [-0.3, -0.25) is 9.97 Å². The molecule has 0 N–H and O–H groups in total. The highest BCUT2D eigenvalue weighted by Crippen LogP contribution is 2.19. The fourth-order valence-corrected chi connectivity index (χ4v) is 2.06. The predicted molar refractivity (Wildman–Crippen MR) is 75.0 cm³/mol. The molecule has 4 heteroatoms. The predicted octanol–water partition coefficient (Wildman–Crippen LogP) is 2.89. The molecule has 0 spiro atoms. The van der Waals surface area contributed by atoms with Gasteiger partial charge in [0.05, 0.1) is 11.9 Å². The summed E-state index contributed by atoms with van der Waals surface area (Å²) in [6.07, 6.45) is 8.27. The van der Waals surface area contributed by atoms with E-state index in [4.69, 9.17) is 11.6 Å². The monoisotopic (exact) mass is 261 g/mol. The van der Waals surface area contributed by atoms with Crippen molar-refractivity contribution in [1.82, 2.24) is 9.97 Å². The van der Waals surface area contributed by atoms with Gasteiger partial charge in [0.25, 0.3) is 0 Å². The zero-order valence-electron chi connectivity index (χ0n) is 10.4. The second kappa shape index (κ2) is 6.36. The number of aromatic nitrogens is 2. The van der Waals surface area contributed by atoms with Crippen molar-refractivity contribution in [2.24, 2.45) is 0 Å². The van der Waals surface area contributed by atoms with Crippen LogP contribution in [0.5, 0.6) is 0 Å². The summed E-state index contributed by atoms with van der Waals surface area (Å²) < 4.78 is 0. The average molecular weight is 262 g/mol. The van der Waals surface area contributed by atoms with Gasteiger partial charge in [0.2, 0.25) is 0 Å². The Bertz CT molecular complexity index is 487. The zero-order chi connectivity index (χ0) is 12.8. The topological polar surface area (TPSA) is 29.0 Å². The van der Waals surface area contributed by atoms with Crippen LogP contribution in [0.15, 0.2) is 43.0 Å². The third-order valence-corrected chi connectivity index (χ3v) is 3.22. The molecule has 0 bridgehead atoms. The summed E-state index contributed by atoms with van der Waals surface area (Å²) in [6.45, 7) is 0.930. The minimum Gasteiger partial charge on any atom is -0.373 e. The number of halogens is 1. The van der Waals surface area contributed by atoms with E-state index in [0.29, 0.717) is 5.88 Å². The molecular weight excluding hydrogens is 246 g/mol. The van der Waals surface area contributed by atoms with E-state index in [0.717, 1.165) is 24.2 Å². The van der Waals surface area contributed by atoms with Gasteiger partial charge in [-0.1, -0.05) is 0 Å². The van der Waals surface area contributed by atoms with E-state index in [9.17, 15) is 0 Å². The lowest BCUT2D eigenvalue weighted by Gasteiger charge is -2.21. The van der Waals surface area contributed by atoms with Gasteiger partial charge in [-0.15, -0.1) is 11.6 Å². The van der Waals surface area contributed by atoms with Crippen LogP contribution in [0.25, 0.3) is 0 Å². The van der Waals surface area contributed by atoms with E-state index in [1.165, 1.54) is 5.56 Å². The highest BCUT2D eigenvalue weighted by molar-refractivity contribution is 6.17. The van der Waals surface area contributed by atoms with Gasteiger partial charge in [0.15, 0.2) is 0 Å². The van der Waals surface area contributed by atoms with Crippen LogP contribution in [0, 0.1) is 0 Å². The summed E-state index contributed by atoms with van der Waals surface area (Å²) >= 11 is 5.93. The maximum atomic E-state index is 5.93. The van der Waals surface area contributed by atoms with Crippen LogP contribution in [-0.4, -0.2) is 23.6 Å². The van der Waals surface area contributed by atoms with Crippen molar-refractivity contribution in [2.75, 3.05) is 18.5 Å². The second-order valence-corrected chi connectivity index (χ2v) is 4.43. The maximum absolute atomic E-state index is 5.93. The van der Waals surface area contributed by atoms with E-state index in [-0.39, 0.29) is 0 Å². The Morgan fingerprint density at radius 1 is 1.11 bits per heavy atom. The van der Waals surface area contributed by atoms with Crippen LogP contribution < -0.4 is 4.90 Å². The van der Waals surface area contributed by atoms with E-state index in [1.807, 2.05) is 36.8 Å². The number of hydrogen-bond donors (Lipinski definition) is 0. The molecule has 0 aromatic carbocycles. The van der Waals surface area contributed by atoms with E-state index in [1.54, 1.807) is 6.20 Å². The van der Waals surface area contributed by atoms with Crippen LogP contribution >= 0.6 is 11.6 Å². The lowest BCUT2D eigenvalue weighted by molar-refractivity contribution is 0.867. The third-order valence-electron chi connectivity index (χ3n) is 2.93. The molecule has 0 aliphatic rings. The molecule has 0 unspecified atom stereocenters. The quantitative estimate of drug-likeness (QED) is 0.775. The molecule has 0 atom stereocenters. The van der Waals surface area contributed by atoms with Crippen LogP contribution in [0.1, 0.15) is 11.1 Å². The fraction of sp³-hybridized carbons (Fsp3) is 0.286. The van der Waals surface area contributed by atoms with Crippen molar-refractivity contribution in [3.63, 3.8) is 0 Å². The van der Waals surface area contributed by atoms with Crippen molar-refractivity contribution in [3.05, 3.63) is 54.1 Å². The first-order valence-electron chi connectivity index (χ1n) is 5.90. The standard InChI is InChI=1S/C14H16ClN3/c1-18(9-5-12-2-6-16-7-3-12)14-11-17-8-4-13(14)10-15/h2-4,6-8,11H,5,9-10H2,1H3. The molecule has 0 radical (unpaired) electrons. The molecule has 0 amide bonds. The Kier molecular flexibility index (Phi) is 4.53. The molecule has 2 rings (SSSR count). The van der Waals surface area contributed by atoms with E-state index >= 15 is 0 Å². The zero-order valence-corrected chi connectivity index (χ0v) is 11.1. The lowest BCUT2D eigenvalue weighted by Crippen LogP contribution is -2.21. The fourth-order valence-electron chi connectivity index (χ4n) is 1.84. The summed E-state index contributed by atoms with van der Waals surface area (Å²) in [7, 11) is 2.06. The van der Waals surface area contributed by atoms with E-state index in [2.05, 4.69) is 21.9 Å². The Morgan fingerprint density at radius 3 is 2.56 bits per heavy atom. The number of nitrogens with zero attached hydrogens (tertiary/aromatic N) is 3. The molecule has 0 aliphatic carbocycles. The summed E-state index contributed by atoms with van der Waals surface area (Å²) in [5, 5.41) is 0. The maximum Gasteiger partial charge on any atom is 0.0595 e. The molecule has 0 fully saturated rings. The van der Waals surface area contributed by atoms with Gasteiger partial charge < -0.3 is 4.90 Å². The molecule has 94 valence electrons. The Balaban J connectivity index is 2.01. The number of alkyl halides is 1. The van der Waals surface area contributed by atoms with Crippen LogP contribution in [-0.2, 0) is 12.3 Å². The molecule has 2 aromatic rings. The summed E-state index contributed by atoms with van der Waals surface area (Å²) in [6, 6.07) is 6.05. The van der Waals surface area contributed by atoms with Gasteiger partial charge in [0, 0.05) is 38.1 Å². The number of pyridine rings is 2. The summed E-state index contributed by atoms with van der Waals surface area (Å²) in [5.74, 6) is 0.511. The molecule has 0 saturated heterocycles. The van der Waals surface area contributed by atoms with Crippen molar-refractivity contribution < 1.29 is 0 Å². The number of rotatable bonds is 5. The number of hydrogen-bond acceptors (Lipinski definition) is 3. The molecule has 3 nitrogen and oxygen atoms in total. The molecule has 0 aliphatic heterocycles. The van der Waals surface area contributed by atoms with Gasteiger partial charge in [0.1, 0.15) is 0 Å². The summed E-state index contributed by atoms with van der Waals surface area (Å²) in [5.41, 5.74) is 3.50. The highest BCUT2D eigenvalue weighted by Gasteiger charge is 2.06. The summed E-state index contributed by atoms with van der Waals surface area (Å²) in [4.78, 5) is 10.4. The third kappa shape index (κ3) is 3.20. The van der Waals surface area contributed by atoms with Crippen LogP contribution in [0.2, 0.25) is 0 Å². The number of anilines is 1.